The summed E-state index contributed by atoms with van der Waals surface area (Å²) in [6.07, 6.45) is 2.57. The van der Waals surface area contributed by atoms with Gasteiger partial charge in [-0.3, -0.25) is 9.69 Å². The minimum absolute atomic E-state index is 0.190. The van der Waals surface area contributed by atoms with Crippen LogP contribution >= 0.6 is 0 Å². The van der Waals surface area contributed by atoms with Crippen LogP contribution < -0.4 is 0 Å². The fraction of sp³-hybridized carbons (Fsp3) is 0.600. The number of hydrogen-bond acceptors (Lipinski definition) is 3. The van der Waals surface area contributed by atoms with Crippen LogP contribution in [0.3, 0.4) is 0 Å². The maximum Gasteiger partial charge on any atom is 0.223 e. The fourth-order valence-corrected chi connectivity index (χ4v) is 4.33. The number of carbonyl (C=O) groups is 1. The van der Waals surface area contributed by atoms with E-state index in [1.54, 1.807) is 12.1 Å². The van der Waals surface area contributed by atoms with Crippen molar-refractivity contribution in [1.82, 2.24) is 19.6 Å². The van der Waals surface area contributed by atoms with Gasteiger partial charge in [0.25, 0.3) is 0 Å². The summed E-state index contributed by atoms with van der Waals surface area (Å²) in [5, 5.41) is 4.97. The molecule has 31 heavy (non-hydrogen) atoms. The molecule has 0 fully saturated rings. The average Bonchev–Trinajstić information content (AvgIpc) is 3.05. The first-order chi connectivity index (χ1) is 14.8. The molecule has 2 heterocycles. The minimum Gasteiger partial charge on any atom is -0.336 e. The van der Waals surface area contributed by atoms with Crippen LogP contribution in [0.2, 0.25) is 0 Å². The molecule has 0 unspecified atom stereocenters. The number of benzene rings is 1. The zero-order chi connectivity index (χ0) is 22.5. The van der Waals surface area contributed by atoms with Crippen LogP contribution in [-0.2, 0) is 24.3 Å². The largest absolute Gasteiger partial charge is 0.336 e. The Balaban J connectivity index is 1.97. The normalized spacial score (nSPS) is 14.3. The molecule has 0 aliphatic carbocycles. The van der Waals surface area contributed by atoms with E-state index in [4.69, 9.17) is 5.10 Å². The summed E-state index contributed by atoms with van der Waals surface area (Å²) in [5.74, 6) is 0.659. The van der Waals surface area contributed by atoms with E-state index in [1.165, 1.54) is 23.4 Å². The van der Waals surface area contributed by atoms with Crippen molar-refractivity contribution in [2.24, 2.45) is 11.8 Å². The van der Waals surface area contributed by atoms with Gasteiger partial charge in [-0.05, 0) is 49.1 Å². The number of nitrogens with zero attached hydrogens (tertiary/aromatic N) is 4. The summed E-state index contributed by atoms with van der Waals surface area (Å²) >= 11 is 0. The molecule has 0 radical (unpaired) electrons. The van der Waals surface area contributed by atoms with Crippen molar-refractivity contribution in [2.75, 3.05) is 19.6 Å². The third-order valence-corrected chi connectivity index (χ3v) is 5.69. The van der Waals surface area contributed by atoms with Gasteiger partial charge in [-0.15, -0.1) is 0 Å². The maximum absolute atomic E-state index is 13.5. The van der Waals surface area contributed by atoms with Gasteiger partial charge in [-0.1, -0.05) is 34.6 Å². The Morgan fingerprint density at radius 3 is 2.48 bits per heavy atom. The second-order valence-electron chi connectivity index (χ2n) is 9.55. The Bertz CT molecular complexity index is 872. The first-order valence-electron chi connectivity index (χ1n) is 11.6. The van der Waals surface area contributed by atoms with E-state index in [1.807, 2.05) is 9.58 Å². The SMILES string of the molecule is CCCN1CCc2c(c(CN(CC(C)C)C(=O)CC(C)C)nn2-c2ccc(F)cc2)C1. The van der Waals surface area contributed by atoms with Crippen molar-refractivity contribution in [2.45, 2.75) is 67.0 Å². The summed E-state index contributed by atoms with van der Waals surface area (Å²) in [6, 6.07) is 6.51. The van der Waals surface area contributed by atoms with Crippen LogP contribution in [0.5, 0.6) is 0 Å². The number of fused-ring (bicyclic) bond motifs is 1. The molecule has 0 saturated heterocycles. The van der Waals surface area contributed by atoms with E-state index in [-0.39, 0.29) is 11.7 Å². The summed E-state index contributed by atoms with van der Waals surface area (Å²) in [6.45, 7) is 14.8. The fourth-order valence-electron chi connectivity index (χ4n) is 4.33. The van der Waals surface area contributed by atoms with Gasteiger partial charge in [-0.2, -0.15) is 5.10 Å². The van der Waals surface area contributed by atoms with Crippen molar-refractivity contribution < 1.29 is 9.18 Å². The highest BCUT2D eigenvalue weighted by Crippen LogP contribution is 2.27. The lowest BCUT2D eigenvalue weighted by molar-refractivity contribution is -0.133. The number of aromatic nitrogens is 2. The van der Waals surface area contributed by atoms with Crippen molar-refractivity contribution in [3.05, 3.63) is 47.0 Å². The molecule has 0 N–H and O–H groups in total. The molecule has 5 nitrogen and oxygen atoms in total. The lowest BCUT2D eigenvalue weighted by atomic mass is 10.0. The number of carbonyl (C=O) groups excluding carboxylic acids is 1. The maximum atomic E-state index is 13.5. The second-order valence-corrected chi connectivity index (χ2v) is 9.55. The monoisotopic (exact) mass is 428 g/mol. The van der Waals surface area contributed by atoms with Crippen LogP contribution in [-0.4, -0.2) is 45.1 Å². The lowest BCUT2D eigenvalue weighted by Gasteiger charge is -2.29. The average molecular weight is 429 g/mol. The predicted octanol–water partition coefficient (Wildman–Crippen LogP) is 4.81. The van der Waals surface area contributed by atoms with Crippen molar-refractivity contribution in [1.29, 1.82) is 0 Å². The quantitative estimate of drug-likeness (QED) is 0.576. The van der Waals surface area contributed by atoms with Gasteiger partial charge in [0.1, 0.15) is 5.82 Å². The zero-order valence-electron chi connectivity index (χ0n) is 19.7. The van der Waals surface area contributed by atoms with E-state index < -0.39 is 0 Å². The molecule has 1 aliphatic heterocycles. The van der Waals surface area contributed by atoms with Crippen LogP contribution in [0.4, 0.5) is 4.39 Å². The highest BCUT2D eigenvalue weighted by atomic mass is 19.1. The lowest BCUT2D eigenvalue weighted by Crippen LogP contribution is -2.36. The molecule has 0 bridgehead atoms. The molecule has 1 aliphatic rings. The molecular formula is C25H37FN4O. The van der Waals surface area contributed by atoms with Crippen LogP contribution in [0.1, 0.15) is 64.4 Å². The summed E-state index contributed by atoms with van der Waals surface area (Å²) < 4.78 is 15.5. The molecule has 1 amide bonds. The van der Waals surface area contributed by atoms with Crippen molar-refractivity contribution in [3.8, 4) is 5.69 Å². The zero-order valence-corrected chi connectivity index (χ0v) is 19.7. The Morgan fingerprint density at radius 2 is 1.87 bits per heavy atom. The Morgan fingerprint density at radius 1 is 1.16 bits per heavy atom. The highest BCUT2D eigenvalue weighted by molar-refractivity contribution is 5.76. The van der Waals surface area contributed by atoms with Crippen LogP contribution in [0.15, 0.2) is 24.3 Å². The number of rotatable bonds is 9. The Labute approximate surface area is 186 Å². The van der Waals surface area contributed by atoms with E-state index >= 15 is 0 Å². The van der Waals surface area contributed by atoms with E-state index in [0.29, 0.717) is 24.8 Å². The van der Waals surface area contributed by atoms with Crippen LogP contribution in [0.25, 0.3) is 5.69 Å². The van der Waals surface area contributed by atoms with Crippen molar-refractivity contribution in [3.63, 3.8) is 0 Å². The minimum atomic E-state index is -0.249. The summed E-state index contributed by atoms with van der Waals surface area (Å²) in [5.41, 5.74) is 4.26. The molecule has 2 aromatic rings. The molecular weight excluding hydrogens is 391 g/mol. The van der Waals surface area contributed by atoms with Crippen molar-refractivity contribution >= 4 is 5.91 Å². The summed E-state index contributed by atoms with van der Waals surface area (Å²) in [7, 11) is 0. The standard InChI is InChI=1S/C25H37FN4O/c1-6-12-28-13-11-24-22(16-28)23(27-30(24)21-9-7-20(26)8-10-21)17-29(15-19(4)5)25(31)14-18(2)3/h7-10,18-19H,6,11-17H2,1-5H3. The second kappa shape index (κ2) is 10.4. The first-order valence-corrected chi connectivity index (χ1v) is 11.6. The van der Waals surface area contributed by atoms with Gasteiger partial charge in [-0.25, -0.2) is 9.07 Å². The third-order valence-electron chi connectivity index (χ3n) is 5.69. The molecule has 0 saturated carbocycles. The molecule has 1 aromatic heterocycles. The Hall–Kier alpha value is -2.21. The number of hydrogen-bond donors (Lipinski definition) is 0. The predicted molar refractivity (Wildman–Crippen MR) is 123 cm³/mol. The summed E-state index contributed by atoms with van der Waals surface area (Å²) in [4.78, 5) is 17.4. The number of halogens is 1. The molecule has 170 valence electrons. The van der Waals surface area contributed by atoms with Gasteiger partial charge >= 0.3 is 0 Å². The molecule has 1 aromatic carbocycles. The topological polar surface area (TPSA) is 41.4 Å². The molecule has 3 rings (SSSR count). The van der Waals surface area contributed by atoms with E-state index in [0.717, 1.165) is 50.4 Å². The van der Waals surface area contributed by atoms with Gasteiger partial charge in [0.15, 0.2) is 0 Å². The molecule has 0 atom stereocenters. The third kappa shape index (κ3) is 5.94. The highest BCUT2D eigenvalue weighted by Gasteiger charge is 2.27. The van der Waals surface area contributed by atoms with Gasteiger partial charge in [0.2, 0.25) is 5.91 Å². The van der Waals surface area contributed by atoms with E-state index in [2.05, 4.69) is 39.5 Å². The first kappa shape index (κ1) is 23.5. The van der Waals surface area contributed by atoms with Gasteiger partial charge < -0.3 is 4.90 Å². The van der Waals surface area contributed by atoms with E-state index in [9.17, 15) is 9.18 Å². The van der Waals surface area contributed by atoms with Gasteiger partial charge in [0, 0.05) is 38.0 Å². The number of amides is 1. The Kier molecular flexibility index (Phi) is 7.87. The smallest absolute Gasteiger partial charge is 0.223 e. The van der Waals surface area contributed by atoms with Crippen LogP contribution in [0, 0.1) is 17.7 Å². The van der Waals surface area contributed by atoms with Gasteiger partial charge in [0.05, 0.1) is 23.6 Å². The molecule has 6 heteroatoms. The molecule has 0 spiro atoms.